The topological polar surface area (TPSA) is 96.5 Å². The lowest BCUT2D eigenvalue weighted by molar-refractivity contribution is -0.111. The molecule has 1 atom stereocenters. The summed E-state index contributed by atoms with van der Waals surface area (Å²) in [6, 6.07) is 16.0. The molecule has 9 heteroatoms. The minimum atomic E-state index is -0.302. The third kappa shape index (κ3) is 5.67. The van der Waals surface area contributed by atoms with E-state index in [-0.39, 0.29) is 23.7 Å². The summed E-state index contributed by atoms with van der Waals surface area (Å²) in [6.07, 6.45) is 3.43. The zero-order valence-electron chi connectivity index (χ0n) is 17.7. The van der Waals surface area contributed by atoms with E-state index in [9.17, 15) is 9.59 Å². The smallest absolute Gasteiger partial charge is 0.253 e. The number of aromatic nitrogens is 2. The highest BCUT2D eigenvalue weighted by atomic mass is 35.5. The van der Waals surface area contributed by atoms with E-state index in [2.05, 4.69) is 27.2 Å². The van der Waals surface area contributed by atoms with Gasteiger partial charge in [0.15, 0.2) is 0 Å². The van der Waals surface area contributed by atoms with Crippen LogP contribution in [-0.4, -0.2) is 45.8 Å². The quantitative estimate of drug-likeness (QED) is 0.505. The Kier molecular flexibility index (Phi) is 6.85. The van der Waals surface area contributed by atoms with Crippen LogP contribution >= 0.6 is 11.6 Å². The highest BCUT2D eigenvalue weighted by Crippen LogP contribution is 2.28. The second-order valence-corrected chi connectivity index (χ2v) is 7.82. The number of carbonyl (C=O) groups is 2. The summed E-state index contributed by atoms with van der Waals surface area (Å²) >= 11 is 6.18. The van der Waals surface area contributed by atoms with E-state index in [4.69, 9.17) is 16.3 Å². The summed E-state index contributed by atoms with van der Waals surface area (Å²) in [5.74, 6) is 0.883. The molecule has 1 saturated heterocycles. The molecule has 33 heavy (non-hydrogen) atoms. The van der Waals surface area contributed by atoms with E-state index in [1.54, 1.807) is 29.2 Å². The van der Waals surface area contributed by atoms with Crippen molar-refractivity contribution in [2.75, 3.05) is 23.7 Å². The number of halogens is 1. The first-order chi connectivity index (χ1) is 16.0. The molecular formula is C24H22ClN5O3. The number of ether oxygens (including phenoxy) is 1. The van der Waals surface area contributed by atoms with E-state index in [0.29, 0.717) is 41.1 Å². The van der Waals surface area contributed by atoms with Gasteiger partial charge in [-0.1, -0.05) is 36.4 Å². The minimum Gasteiger partial charge on any atom is -0.437 e. The van der Waals surface area contributed by atoms with Gasteiger partial charge in [-0.2, -0.15) is 4.98 Å². The van der Waals surface area contributed by atoms with Crippen molar-refractivity contribution < 1.29 is 14.3 Å². The van der Waals surface area contributed by atoms with Crippen LogP contribution in [-0.2, 0) is 4.79 Å². The zero-order valence-corrected chi connectivity index (χ0v) is 18.5. The fourth-order valence-corrected chi connectivity index (χ4v) is 3.54. The van der Waals surface area contributed by atoms with E-state index >= 15 is 0 Å². The molecule has 2 heterocycles. The molecule has 2 N–H and O–H groups in total. The van der Waals surface area contributed by atoms with Gasteiger partial charge in [0.1, 0.15) is 10.8 Å². The van der Waals surface area contributed by atoms with Crippen molar-refractivity contribution in [2.24, 2.45) is 0 Å². The third-order valence-electron chi connectivity index (χ3n) is 5.06. The molecule has 0 spiro atoms. The second kappa shape index (κ2) is 10.1. The fraction of sp³-hybridized carbons (Fsp3) is 0.167. The van der Waals surface area contributed by atoms with Gasteiger partial charge in [-0.3, -0.25) is 9.59 Å². The molecule has 0 bridgehead atoms. The maximum Gasteiger partial charge on any atom is 0.253 e. The Balaban J connectivity index is 1.36. The monoisotopic (exact) mass is 463 g/mol. The summed E-state index contributed by atoms with van der Waals surface area (Å²) in [5.41, 5.74) is 1.15. The number of carbonyl (C=O) groups excluding carboxylic acids is 2. The molecule has 1 fully saturated rings. The predicted octanol–water partition coefficient (Wildman–Crippen LogP) is 4.37. The van der Waals surface area contributed by atoms with Crippen molar-refractivity contribution in [2.45, 2.75) is 12.5 Å². The Hall–Kier alpha value is -3.91. The molecule has 1 aromatic heterocycles. The van der Waals surface area contributed by atoms with Gasteiger partial charge < -0.3 is 20.3 Å². The number of anilines is 2. The number of nitrogens with one attached hydrogen (secondary N) is 2. The molecule has 1 aliphatic heterocycles. The first kappa shape index (κ1) is 22.3. The van der Waals surface area contributed by atoms with Gasteiger partial charge in [0.25, 0.3) is 5.91 Å². The highest BCUT2D eigenvalue weighted by molar-refractivity contribution is 6.31. The van der Waals surface area contributed by atoms with Crippen LogP contribution in [0.5, 0.6) is 11.6 Å². The summed E-state index contributed by atoms with van der Waals surface area (Å²) in [5, 5.41) is 6.22. The summed E-state index contributed by atoms with van der Waals surface area (Å²) in [6.45, 7) is 4.53. The lowest BCUT2D eigenvalue weighted by Gasteiger charge is -2.17. The van der Waals surface area contributed by atoms with Gasteiger partial charge in [0, 0.05) is 30.4 Å². The van der Waals surface area contributed by atoms with Gasteiger partial charge in [0.05, 0.1) is 6.20 Å². The number of amides is 2. The van der Waals surface area contributed by atoms with Crippen LogP contribution < -0.4 is 15.4 Å². The molecule has 4 rings (SSSR count). The van der Waals surface area contributed by atoms with Gasteiger partial charge in [-0.25, -0.2) is 4.98 Å². The van der Waals surface area contributed by atoms with Gasteiger partial charge in [0.2, 0.25) is 17.7 Å². The fourth-order valence-electron chi connectivity index (χ4n) is 3.41. The van der Waals surface area contributed by atoms with Crippen molar-refractivity contribution in [3.8, 4) is 11.6 Å². The van der Waals surface area contributed by atoms with Gasteiger partial charge >= 0.3 is 0 Å². The molecule has 0 aliphatic carbocycles. The average molecular weight is 464 g/mol. The molecule has 0 radical (unpaired) electrons. The van der Waals surface area contributed by atoms with Crippen LogP contribution in [0.15, 0.2) is 73.4 Å². The molecule has 2 amide bonds. The Labute approximate surface area is 196 Å². The number of hydrogen-bond donors (Lipinski definition) is 2. The second-order valence-electron chi connectivity index (χ2n) is 7.41. The normalized spacial score (nSPS) is 15.1. The highest BCUT2D eigenvalue weighted by Gasteiger charge is 2.27. The van der Waals surface area contributed by atoms with Crippen LogP contribution in [0.25, 0.3) is 0 Å². The van der Waals surface area contributed by atoms with Crippen LogP contribution in [0.3, 0.4) is 0 Å². The predicted molar refractivity (Wildman–Crippen MR) is 127 cm³/mol. The number of benzene rings is 2. The van der Waals surface area contributed by atoms with Gasteiger partial charge in [-0.05, 0) is 48.9 Å². The molecule has 0 saturated carbocycles. The van der Waals surface area contributed by atoms with Crippen LogP contribution in [0.4, 0.5) is 11.6 Å². The first-order valence-corrected chi connectivity index (χ1v) is 10.7. The SMILES string of the molecule is C=CC(=O)Nc1ccc(C(=O)N2CCC(Nc3ncc(Cl)c(Oc4ccccc4)n3)C2)cc1. The molecular weight excluding hydrogens is 442 g/mol. The number of likely N-dealkylation sites (tertiary alicyclic amines) is 1. The van der Waals surface area contributed by atoms with E-state index in [1.165, 1.54) is 12.3 Å². The third-order valence-corrected chi connectivity index (χ3v) is 5.32. The average Bonchev–Trinajstić information content (AvgIpc) is 3.30. The molecule has 1 aliphatic rings. The standard InChI is InChI=1S/C24H22ClN5O3/c1-2-21(31)27-17-10-8-16(9-11-17)23(32)30-13-12-18(15-30)28-24-26-14-20(25)22(29-24)33-19-6-4-3-5-7-19/h2-11,14,18H,1,12-13,15H2,(H,27,31)(H,26,28,29). The van der Waals surface area contributed by atoms with E-state index < -0.39 is 0 Å². The van der Waals surface area contributed by atoms with Gasteiger partial charge in [-0.15, -0.1) is 0 Å². The van der Waals surface area contributed by atoms with Crippen molar-refractivity contribution >= 4 is 35.1 Å². The Bertz CT molecular complexity index is 1150. The lowest BCUT2D eigenvalue weighted by atomic mass is 10.2. The number of rotatable bonds is 7. The summed E-state index contributed by atoms with van der Waals surface area (Å²) in [7, 11) is 0. The lowest BCUT2D eigenvalue weighted by Crippen LogP contribution is -2.31. The largest absolute Gasteiger partial charge is 0.437 e. The molecule has 168 valence electrons. The van der Waals surface area contributed by atoms with Crippen molar-refractivity contribution in [3.05, 3.63) is 84.0 Å². The Morgan fingerprint density at radius 1 is 1.15 bits per heavy atom. The van der Waals surface area contributed by atoms with Crippen LogP contribution in [0, 0.1) is 0 Å². The van der Waals surface area contributed by atoms with Crippen molar-refractivity contribution in [3.63, 3.8) is 0 Å². The van der Waals surface area contributed by atoms with Crippen LogP contribution in [0.2, 0.25) is 5.02 Å². The first-order valence-electron chi connectivity index (χ1n) is 10.4. The molecule has 3 aromatic rings. The summed E-state index contributed by atoms with van der Waals surface area (Å²) in [4.78, 5) is 34.6. The van der Waals surface area contributed by atoms with Crippen LogP contribution in [0.1, 0.15) is 16.8 Å². The molecule has 1 unspecified atom stereocenters. The maximum atomic E-state index is 12.9. The minimum absolute atomic E-state index is 0.00847. The maximum absolute atomic E-state index is 12.9. The molecule has 2 aromatic carbocycles. The van der Waals surface area contributed by atoms with E-state index in [0.717, 1.165) is 6.42 Å². The van der Waals surface area contributed by atoms with Crippen molar-refractivity contribution in [1.82, 2.24) is 14.9 Å². The number of para-hydroxylation sites is 1. The number of nitrogens with zero attached hydrogens (tertiary/aromatic N) is 3. The number of hydrogen-bond acceptors (Lipinski definition) is 6. The zero-order chi connectivity index (χ0) is 23.2. The Morgan fingerprint density at radius 3 is 2.64 bits per heavy atom. The van der Waals surface area contributed by atoms with E-state index in [1.807, 2.05) is 30.3 Å². The molecule has 8 nitrogen and oxygen atoms in total. The summed E-state index contributed by atoms with van der Waals surface area (Å²) < 4.78 is 5.75. The Morgan fingerprint density at radius 2 is 1.91 bits per heavy atom. The van der Waals surface area contributed by atoms with Crippen molar-refractivity contribution in [1.29, 1.82) is 0 Å².